The first-order valence-corrected chi connectivity index (χ1v) is 5.99. The number of aromatic nitrogens is 1. The molecule has 0 aliphatic rings. The Morgan fingerprint density at radius 1 is 1.62 bits per heavy atom. The van der Waals surface area contributed by atoms with Gasteiger partial charge < -0.3 is 11.1 Å². The first kappa shape index (κ1) is 13.0. The summed E-state index contributed by atoms with van der Waals surface area (Å²) < 4.78 is 0.746. The van der Waals surface area contributed by atoms with Crippen molar-refractivity contribution in [3.05, 3.63) is 22.3 Å². The Labute approximate surface area is 104 Å². The predicted octanol–water partition coefficient (Wildman–Crippen LogP) is 2.20. The van der Waals surface area contributed by atoms with Gasteiger partial charge >= 0.3 is 0 Å². The van der Waals surface area contributed by atoms with Crippen molar-refractivity contribution in [1.82, 2.24) is 10.3 Å². The third-order valence-electron chi connectivity index (χ3n) is 2.14. The summed E-state index contributed by atoms with van der Waals surface area (Å²) in [7, 11) is 0. The summed E-state index contributed by atoms with van der Waals surface area (Å²) in [5.41, 5.74) is 6.04. The van der Waals surface area contributed by atoms with Crippen LogP contribution in [0.3, 0.4) is 0 Å². The molecule has 0 spiro atoms. The highest BCUT2D eigenvalue weighted by molar-refractivity contribution is 9.10. The molecule has 0 aromatic carbocycles. The van der Waals surface area contributed by atoms with Gasteiger partial charge in [0.1, 0.15) is 5.82 Å². The second-order valence-corrected chi connectivity index (χ2v) is 4.94. The molecular weight excluding hydrogens is 270 g/mol. The van der Waals surface area contributed by atoms with E-state index in [1.54, 1.807) is 12.3 Å². The van der Waals surface area contributed by atoms with Crippen molar-refractivity contribution in [3.8, 4) is 0 Å². The van der Waals surface area contributed by atoms with E-state index in [-0.39, 0.29) is 11.7 Å². The van der Waals surface area contributed by atoms with E-state index in [9.17, 15) is 4.79 Å². The van der Waals surface area contributed by atoms with E-state index >= 15 is 0 Å². The fourth-order valence-electron chi connectivity index (χ4n) is 1.20. The number of nitrogen functional groups attached to an aromatic ring is 1. The van der Waals surface area contributed by atoms with Crippen molar-refractivity contribution in [2.75, 3.05) is 12.3 Å². The molecular formula is C11H16BrN3O. The summed E-state index contributed by atoms with van der Waals surface area (Å²) in [5, 5.41) is 2.82. The summed E-state index contributed by atoms with van der Waals surface area (Å²) in [6, 6.07) is 1.67. The zero-order valence-electron chi connectivity index (χ0n) is 9.46. The summed E-state index contributed by atoms with van der Waals surface area (Å²) in [6.45, 7) is 4.88. The van der Waals surface area contributed by atoms with Crippen LogP contribution in [0, 0.1) is 5.92 Å². The van der Waals surface area contributed by atoms with Crippen LogP contribution in [-0.2, 0) is 0 Å². The van der Waals surface area contributed by atoms with E-state index in [1.807, 2.05) is 0 Å². The standard InChI is InChI=1S/C11H16BrN3O/c1-7(2)3-4-14-11(16)9-5-8(12)6-15-10(9)13/h5-7H,3-4H2,1-2H3,(H2,13,15)(H,14,16). The number of nitrogens with two attached hydrogens (primary N) is 1. The highest BCUT2D eigenvalue weighted by atomic mass is 79.9. The van der Waals surface area contributed by atoms with Crippen molar-refractivity contribution in [1.29, 1.82) is 0 Å². The van der Waals surface area contributed by atoms with Crippen molar-refractivity contribution in [2.24, 2.45) is 5.92 Å². The first-order chi connectivity index (χ1) is 7.50. The number of hydrogen-bond donors (Lipinski definition) is 2. The molecule has 1 amide bonds. The van der Waals surface area contributed by atoms with E-state index in [2.05, 4.69) is 40.1 Å². The summed E-state index contributed by atoms with van der Waals surface area (Å²) in [6.07, 6.45) is 2.52. The average Bonchev–Trinajstić information content (AvgIpc) is 2.21. The molecule has 5 heteroatoms. The average molecular weight is 286 g/mol. The van der Waals surface area contributed by atoms with Gasteiger partial charge in [-0.15, -0.1) is 0 Å². The quantitative estimate of drug-likeness (QED) is 0.891. The first-order valence-electron chi connectivity index (χ1n) is 5.20. The SMILES string of the molecule is CC(C)CCNC(=O)c1cc(Br)cnc1N. The molecule has 0 fully saturated rings. The largest absolute Gasteiger partial charge is 0.383 e. The summed E-state index contributed by atoms with van der Waals surface area (Å²) in [5.74, 6) is 0.649. The number of halogens is 1. The van der Waals surface area contributed by atoms with Crippen molar-refractivity contribution < 1.29 is 4.79 Å². The van der Waals surface area contributed by atoms with Gasteiger partial charge in [0.2, 0.25) is 0 Å². The number of carbonyl (C=O) groups excluding carboxylic acids is 1. The lowest BCUT2D eigenvalue weighted by molar-refractivity contribution is 0.0952. The second kappa shape index (κ2) is 5.84. The van der Waals surface area contributed by atoms with Crippen LogP contribution in [0.5, 0.6) is 0 Å². The van der Waals surface area contributed by atoms with Crippen LogP contribution in [0.2, 0.25) is 0 Å². The molecule has 1 rings (SSSR count). The lowest BCUT2D eigenvalue weighted by Gasteiger charge is -2.08. The fraction of sp³-hybridized carbons (Fsp3) is 0.455. The molecule has 1 aromatic rings. The predicted molar refractivity (Wildman–Crippen MR) is 68.1 cm³/mol. The molecule has 0 saturated carbocycles. The third-order valence-corrected chi connectivity index (χ3v) is 2.57. The third kappa shape index (κ3) is 3.81. The monoisotopic (exact) mass is 285 g/mol. The number of pyridine rings is 1. The number of nitrogens with one attached hydrogen (secondary N) is 1. The smallest absolute Gasteiger partial charge is 0.255 e. The Morgan fingerprint density at radius 3 is 2.94 bits per heavy atom. The number of rotatable bonds is 4. The minimum atomic E-state index is -0.174. The number of nitrogens with zero attached hydrogens (tertiary/aromatic N) is 1. The lowest BCUT2D eigenvalue weighted by atomic mass is 10.1. The molecule has 1 aromatic heterocycles. The molecule has 1 heterocycles. The molecule has 0 aliphatic heterocycles. The molecule has 0 radical (unpaired) electrons. The van der Waals surface area contributed by atoms with Gasteiger partial charge in [-0.3, -0.25) is 4.79 Å². The molecule has 88 valence electrons. The maximum atomic E-state index is 11.7. The van der Waals surface area contributed by atoms with Gasteiger partial charge in [0.15, 0.2) is 0 Å². The van der Waals surface area contributed by atoms with Gasteiger partial charge in [-0.2, -0.15) is 0 Å². The Morgan fingerprint density at radius 2 is 2.31 bits per heavy atom. The Hall–Kier alpha value is -1.10. The number of hydrogen-bond acceptors (Lipinski definition) is 3. The molecule has 3 N–H and O–H groups in total. The summed E-state index contributed by atoms with van der Waals surface area (Å²) >= 11 is 3.26. The maximum absolute atomic E-state index is 11.7. The van der Waals surface area contributed by atoms with E-state index in [0.717, 1.165) is 10.9 Å². The highest BCUT2D eigenvalue weighted by Crippen LogP contribution is 2.15. The fourth-order valence-corrected chi connectivity index (χ4v) is 1.53. The van der Waals surface area contributed by atoms with Gasteiger partial charge in [-0.1, -0.05) is 13.8 Å². The van der Waals surface area contributed by atoms with Gasteiger partial charge in [0.05, 0.1) is 5.56 Å². The van der Waals surface area contributed by atoms with Gasteiger partial charge in [-0.25, -0.2) is 4.98 Å². The van der Waals surface area contributed by atoms with E-state index in [4.69, 9.17) is 5.73 Å². The van der Waals surface area contributed by atoms with Crippen LogP contribution in [-0.4, -0.2) is 17.4 Å². The van der Waals surface area contributed by atoms with Crippen LogP contribution >= 0.6 is 15.9 Å². The van der Waals surface area contributed by atoms with Crippen molar-refractivity contribution >= 4 is 27.7 Å². The number of carbonyl (C=O) groups is 1. The molecule has 0 unspecified atom stereocenters. The molecule has 0 aliphatic carbocycles. The zero-order valence-corrected chi connectivity index (χ0v) is 11.0. The van der Waals surface area contributed by atoms with Crippen molar-refractivity contribution in [3.63, 3.8) is 0 Å². The van der Waals surface area contributed by atoms with Gasteiger partial charge in [0.25, 0.3) is 5.91 Å². The lowest BCUT2D eigenvalue weighted by Crippen LogP contribution is -2.26. The Kier molecular flexibility index (Phi) is 4.73. The number of anilines is 1. The Bertz CT molecular complexity index is 379. The van der Waals surface area contributed by atoms with Gasteiger partial charge in [0, 0.05) is 17.2 Å². The zero-order chi connectivity index (χ0) is 12.1. The minimum Gasteiger partial charge on any atom is -0.383 e. The van der Waals surface area contributed by atoms with Crippen molar-refractivity contribution in [2.45, 2.75) is 20.3 Å². The highest BCUT2D eigenvalue weighted by Gasteiger charge is 2.10. The van der Waals surface area contributed by atoms with Crippen LogP contribution in [0.4, 0.5) is 5.82 Å². The topological polar surface area (TPSA) is 68.0 Å². The van der Waals surface area contributed by atoms with E-state index in [0.29, 0.717) is 18.0 Å². The summed E-state index contributed by atoms with van der Waals surface area (Å²) in [4.78, 5) is 15.7. The molecule has 0 atom stereocenters. The molecule has 4 nitrogen and oxygen atoms in total. The number of amides is 1. The Balaban J connectivity index is 2.62. The van der Waals surface area contributed by atoms with E-state index < -0.39 is 0 Å². The van der Waals surface area contributed by atoms with Crippen LogP contribution < -0.4 is 11.1 Å². The maximum Gasteiger partial charge on any atom is 0.255 e. The van der Waals surface area contributed by atoms with Crippen LogP contribution in [0.25, 0.3) is 0 Å². The molecule has 0 bridgehead atoms. The second-order valence-electron chi connectivity index (χ2n) is 4.02. The van der Waals surface area contributed by atoms with E-state index in [1.165, 1.54) is 0 Å². The molecule has 16 heavy (non-hydrogen) atoms. The van der Waals surface area contributed by atoms with Gasteiger partial charge in [-0.05, 0) is 34.3 Å². The normalized spacial score (nSPS) is 10.5. The minimum absolute atomic E-state index is 0.174. The van der Waals surface area contributed by atoms with Crippen LogP contribution in [0.15, 0.2) is 16.7 Å². The van der Waals surface area contributed by atoms with Crippen LogP contribution in [0.1, 0.15) is 30.6 Å². The molecule has 0 saturated heterocycles.